The second kappa shape index (κ2) is 7.57. The normalized spacial score (nSPS) is 12.0. The molecule has 1 atom stereocenters. The third-order valence-electron chi connectivity index (χ3n) is 3.23. The molecule has 0 fully saturated rings. The monoisotopic (exact) mass is 284 g/mol. The van der Waals surface area contributed by atoms with Gasteiger partial charge in [0.15, 0.2) is 0 Å². The Morgan fingerprint density at radius 2 is 1.86 bits per heavy atom. The highest BCUT2D eigenvalue weighted by molar-refractivity contribution is 5.81. The summed E-state index contributed by atoms with van der Waals surface area (Å²) in [6.45, 7) is 1.14. The minimum absolute atomic E-state index is 0.380. The first-order chi connectivity index (χ1) is 10.2. The summed E-state index contributed by atoms with van der Waals surface area (Å²) >= 11 is 0. The summed E-state index contributed by atoms with van der Waals surface area (Å²) in [4.78, 5) is 11.6. The summed E-state index contributed by atoms with van der Waals surface area (Å²) < 4.78 is 5.12. The second-order valence-electron chi connectivity index (χ2n) is 4.88. The minimum Gasteiger partial charge on any atom is -0.380 e. The van der Waals surface area contributed by atoms with Crippen LogP contribution in [0.3, 0.4) is 0 Å². The Balaban J connectivity index is 2.06. The largest absolute Gasteiger partial charge is 0.380 e. The molecular formula is C17H20N2O2. The van der Waals surface area contributed by atoms with E-state index in [4.69, 9.17) is 10.5 Å². The molecule has 0 unspecified atom stereocenters. The maximum atomic E-state index is 11.6. The van der Waals surface area contributed by atoms with Crippen molar-refractivity contribution >= 4 is 5.91 Å². The predicted octanol–water partition coefficient (Wildman–Crippen LogP) is 2.15. The molecule has 110 valence electrons. The van der Waals surface area contributed by atoms with Crippen molar-refractivity contribution in [2.75, 3.05) is 7.11 Å². The van der Waals surface area contributed by atoms with E-state index in [-0.39, 0.29) is 5.91 Å². The van der Waals surface area contributed by atoms with Gasteiger partial charge in [0.05, 0.1) is 6.61 Å². The first-order valence-corrected chi connectivity index (χ1v) is 6.85. The van der Waals surface area contributed by atoms with Crippen LogP contribution >= 0.6 is 0 Å². The van der Waals surface area contributed by atoms with Crippen molar-refractivity contribution < 1.29 is 9.53 Å². The van der Waals surface area contributed by atoms with Gasteiger partial charge in [-0.3, -0.25) is 10.1 Å². The number of amides is 1. The van der Waals surface area contributed by atoms with Crippen LogP contribution < -0.4 is 11.1 Å². The number of primary amides is 1. The van der Waals surface area contributed by atoms with Crippen LogP contribution in [0.2, 0.25) is 0 Å². The Kier molecular flexibility index (Phi) is 5.49. The topological polar surface area (TPSA) is 64.3 Å². The second-order valence-corrected chi connectivity index (χ2v) is 4.88. The fraction of sp³-hybridized carbons (Fsp3) is 0.235. The summed E-state index contributed by atoms with van der Waals surface area (Å²) in [5, 5.41) is 3.21. The molecular weight excluding hydrogens is 264 g/mol. The number of nitrogens with one attached hydrogen (secondary N) is 1. The summed E-state index contributed by atoms with van der Waals surface area (Å²) in [6.07, 6.45) is 0. The van der Waals surface area contributed by atoms with Gasteiger partial charge in [-0.05, 0) is 16.7 Å². The molecule has 0 aliphatic heterocycles. The molecule has 0 saturated carbocycles. The van der Waals surface area contributed by atoms with Crippen LogP contribution in [0.1, 0.15) is 22.7 Å². The SMILES string of the molecule is COCc1cccc(CN[C@@H](C(N)=O)c2ccccc2)c1. The molecule has 4 heteroatoms. The van der Waals surface area contributed by atoms with E-state index in [1.54, 1.807) is 7.11 Å². The molecule has 0 spiro atoms. The van der Waals surface area contributed by atoms with Gasteiger partial charge in [-0.2, -0.15) is 0 Å². The standard InChI is InChI=1S/C17H20N2O2/c1-21-12-14-7-5-6-13(10-14)11-19-16(17(18)20)15-8-3-2-4-9-15/h2-10,16,19H,11-12H2,1H3,(H2,18,20)/t16-/m1/s1. The zero-order valence-electron chi connectivity index (χ0n) is 12.1. The van der Waals surface area contributed by atoms with Gasteiger partial charge in [0.1, 0.15) is 6.04 Å². The third-order valence-corrected chi connectivity index (χ3v) is 3.23. The first-order valence-electron chi connectivity index (χ1n) is 6.85. The van der Waals surface area contributed by atoms with Crippen molar-refractivity contribution in [3.63, 3.8) is 0 Å². The summed E-state index contributed by atoms with van der Waals surface area (Å²) in [6, 6.07) is 17.1. The number of carbonyl (C=O) groups is 1. The molecule has 0 aromatic heterocycles. The molecule has 4 nitrogen and oxygen atoms in total. The molecule has 0 aliphatic rings. The zero-order chi connectivity index (χ0) is 15.1. The Labute approximate surface area is 124 Å². The number of ether oxygens (including phenoxy) is 1. The number of rotatable bonds is 7. The highest BCUT2D eigenvalue weighted by Crippen LogP contribution is 2.14. The van der Waals surface area contributed by atoms with Gasteiger partial charge in [-0.25, -0.2) is 0 Å². The fourth-order valence-corrected chi connectivity index (χ4v) is 2.24. The van der Waals surface area contributed by atoms with Crippen LogP contribution in [-0.2, 0) is 22.7 Å². The van der Waals surface area contributed by atoms with Gasteiger partial charge in [0.25, 0.3) is 0 Å². The van der Waals surface area contributed by atoms with Crippen LogP contribution in [-0.4, -0.2) is 13.0 Å². The Hall–Kier alpha value is -2.17. The van der Waals surface area contributed by atoms with E-state index < -0.39 is 6.04 Å². The van der Waals surface area contributed by atoms with Crippen molar-refractivity contribution in [3.8, 4) is 0 Å². The maximum Gasteiger partial charge on any atom is 0.239 e. The zero-order valence-corrected chi connectivity index (χ0v) is 12.1. The quantitative estimate of drug-likeness (QED) is 0.819. The molecule has 2 aromatic rings. The average Bonchev–Trinajstić information content (AvgIpc) is 2.49. The lowest BCUT2D eigenvalue weighted by Gasteiger charge is -2.16. The van der Waals surface area contributed by atoms with E-state index in [0.29, 0.717) is 13.2 Å². The third kappa shape index (κ3) is 4.41. The Morgan fingerprint density at radius 1 is 1.14 bits per heavy atom. The Bertz CT molecular complexity index is 584. The predicted molar refractivity (Wildman–Crippen MR) is 82.4 cm³/mol. The van der Waals surface area contributed by atoms with E-state index >= 15 is 0 Å². The van der Waals surface area contributed by atoms with Crippen molar-refractivity contribution in [1.82, 2.24) is 5.32 Å². The number of benzene rings is 2. The van der Waals surface area contributed by atoms with Crippen molar-refractivity contribution in [2.24, 2.45) is 5.73 Å². The summed E-state index contributed by atoms with van der Waals surface area (Å²) in [7, 11) is 1.67. The number of methoxy groups -OCH3 is 1. The van der Waals surface area contributed by atoms with Gasteiger partial charge in [0, 0.05) is 13.7 Å². The molecule has 2 rings (SSSR count). The van der Waals surface area contributed by atoms with Crippen LogP contribution in [0.15, 0.2) is 54.6 Å². The summed E-state index contributed by atoms with van der Waals surface area (Å²) in [5.74, 6) is -0.380. The molecule has 2 aromatic carbocycles. The lowest BCUT2D eigenvalue weighted by molar-refractivity contribution is -0.120. The molecule has 3 N–H and O–H groups in total. The average molecular weight is 284 g/mol. The van der Waals surface area contributed by atoms with Gasteiger partial charge < -0.3 is 10.5 Å². The van der Waals surface area contributed by atoms with Crippen LogP contribution in [0, 0.1) is 0 Å². The van der Waals surface area contributed by atoms with Crippen molar-refractivity contribution in [2.45, 2.75) is 19.2 Å². The number of carbonyl (C=O) groups excluding carboxylic acids is 1. The van der Waals surface area contributed by atoms with Gasteiger partial charge >= 0.3 is 0 Å². The van der Waals surface area contributed by atoms with Crippen LogP contribution in [0.5, 0.6) is 0 Å². The highest BCUT2D eigenvalue weighted by atomic mass is 16.5. The molecule has 0 radical (unpaired) electrons. The molecule has 0 heterocycles. The van der Waals surface area contributed by atoms with Gasteiger partial charge in [0.2, 0.25) is 5.91 Å². The Morgan fingerprint density at radius 3 is 2.52 bits per heavy atom. The van der Waals surface area contributed by atoms with E-state index in [0.717, 1.165) is 16.7 Å². The molecule has 0 bridgehead atoms. The maximum absolute atomic E-state index is 11.6. The molecule has 0 aliphatic carbocycles. The van der Waals surface area contributed by atoms with Crippen molar-refractivity contribution in [3.05, 3.63) is 71.3 Å². The smallest absolute Gasteiger partial charge is 0.239 e. The van der Waals surface area contributed by atoms with Crippen LogP contribution in [0.25, 0.3) is 0 Å². The van der Waals surface area contributed by atoms with E-state index in [9.17, 15) is 4.79 Å². The highest BCUT2D eigenvalue weighted by Gasteiger charge is 2.16. The molecule has 1 amide bonds. The van der Waals surface area contributed by atoms with E-state index in [1.807, 2.05) is 48.5 Å². The van der Waals surface area contributed by atoms with Gasteiger partial charge in [-0.1, -0.05) is 54.6 Å². The number of hydrogen-bond acceptors (Lipinski definition) is 3. The summed E-state index contributed by atoms with van der Waals surface area (Å²) in [5.41, 5.74) is 8.56. The first kappa shape index (κ1) is 15.2. The van der Waals surface area contributed by atoms with Crippen molar-refractivity contribution in [1.29, 1.82) is 0 Å². The number of nitrogens with two attached hydrogens (primary N) is 1. The minimum atomic E-state index is -0.489. The molecule has 0 saturated heterocycles. The van der Waals surface area contributed by atoms with E-state index in [1.165, 1.54) is 0 Å². The lowest BCUT2D eigenvalue weighted by Crippen LogP contribution is -2.33. The lowest BCUT2D eigenvalue weighted by atomic mass is 10.1. The van der Waals surface area contributed by atoms with E-state index in [2.05, 4.69) is 11.4 Å². The number of hydrogen-bond donors (Lipinski definition) is 2. The molecule has 21 heavy (non-hydrogen) atoms. The van der Waals surface area contributed by atoms with Gasteiger partial charge in [-0.15, -0.1) is 0 Å². The fourth-order valence-electron chi connectivity index (χ4n) is 2.24. The van der Waals surface area contributed by atoms with Crippen LogP contribution in [0.4, 0.5) is 0 Å².